The summed E-state index contributed by atoms with van der Waals surface area (Å²) < 4.78 is 0. The highest BCUT2D eigenvalue weighted by Gasteiger charge is 2.17. The Morgan fingerprint density at radius 3 is 1.70 bits per heavy atom. The summed E-state index contributed by atoms with van der Waals surface area (Å²) in [5, 5.41) is 21.1. The third-order valence-electron chi connectivity index (χ3n) is 6.38. The second-order valence-electron chi connectivity index (χ2n) is 10.8. The molecule has 0 bridgehead atoms. The van der Waals surface area contributed by atoms with Crippen molar-refractivity contribution in [1.29, 1.82) is 0 Å². The van der Waals surface area contributed by atoms with Crippen molar-refractivity contribution in [2.75, 3.05) is 39.3 Å². The molecule has 3 N–H and O–H groups in total. The normalized spacial score (nSPS) is 11.3. The molecule has 0 aliphatic carbocycles. The summed E-state index contributed by atoms with van der Waals surface area (Å²) in [7, 11) is 0. The van der Waals surface area contributed by atoms with E-state index < -0.39 is 11.9 Å². The highest BCUT2D eigenvalue weighted by Crippen LogP contribution is 2.11. The van der Waals surface area contributed by atoms with Crippen LogP contribution in [0.25, 0.3) is 0 Å². The monoisotopic (exact) mass is 527 g/mol. The molecule has 0 aliphatic rings. The number of carbonyl (C=O) groups is 4. The van der Waals surface area contributed by atoms with Gasteiger partial charge in [0.2, 0.25) is 11.8 Å². The van der Waals surface area contributed by atoms with E-state index in [4.69, 9.17) is 10.2 Å². The number of nitrogens with one attached hydrogen (secondary N) is 1. The molecule has 37 heavy (non-hydrogen) atoms. The number of unbranched alkanes of at least 4 members (excludes halogenated alkanes) is 4. The molecule has 0 saturated carbocycles. The zero-order valence-corrected chi connectivity index (χ0v) is 23.8. The first-order valence-corrected chi connectivity index (χ1v) is 14.2. The molecule has 0 aromatic carbocycles. The average molecular weight is 528 g/mol. The summed E-state index contributed by atoms with van der Waals surface area (Å²) in [6.07, 6.45) is 8.87. The Bertz CT molecular complexity index is 654. The number of carboxylic acids is 2. The van der Waals surface area contributed by atoms with Gasteiger partial charge in [-0.25, -0.2) is 0 Å². The largest absolute Gasteiger partial charge is 0.481 e. The Morgan fingerprint density at radius 1 is 0.622 bits per heavy atom. The van der Waals surface area contributed by atoms with Gasteiger partial charge in [0.1, 0.15) is 0 Å². The lowest BCUT2D eigenvalue weighted by molar-refractivity contribution is -0.139. The minimum absolute atomic E-state index is 0.00143. The number of carbonyl (C=O) groups excluding carboxylic acids is 2. The van der Waals surface area contributed by atoms with E-state index in [1.54, 1.807) is 4.90 Å². The summed E-state index contributed by atoms with van der Waals surface area (Å²) in [6, 6.07) is 0. The summed E-state index contributed by atoms with van der Waals surface area (Å²) in [5.41, 5.74) is 0. The Balaban J connectivity index is 4.66. The lowest BCUT2D eigenvalue weighted by Crippen LogP contribution is -2.42. The molecule has 0 aromatic rings. The molecule has 0 spiro atoms. The van der Waals surface area contributed by atoms with E-state index in [0.717, 1.165) is 44.9 Å². The maximum atomic E-state index is 12.8. The third-order valence-corrected chi connectivity index (χ3v) is 6.38. The van der Waals surface area contributed by atoms with Crippen LogP contribution >= 0.6 is 0 Å². The van der Waals surface area contributed by atoms with Crippen molar-refractivity contribution in [3.8, 4) is 0 Å². The van der Waals surface area contributed by atoms with Crippen LogP contribution in [0.5, 0.6) is 0 Å². The van der Waals surface area contributed by atoms with Gasteiger partial charge in [-0.3, -0.25) is 24.1 Å². The van der Waals surface area contributed by atoms with Crippen LogP contribution in [0, 0.1) is 11.8 Å². The van der Waals surface area contributed by atoms with Gasteiger partial charge in [0, 0.05) is 52.1 Å². The fourth-order valence-electron chi connectivity index (χ4n) is 4.06. The van der Waals surface area contributed by atoms with E-state index in [2.05, 4.69) is 33.0 Å². The number of aliphatic carboxylic acids is 2. The van der Waals surface area contributed by atoms with Gasteiger partial charge < -0.3 is 20.4 Å². The first kappa shape index (κ1) is 34.8. The standard InChI is InChI=1S/C28H53N3O6/c1-23(2)11-7-5-9-13-25(32)29-17-20-30(18-15-27(34)35)21-22-31(19-16-28(36)37)26(33)14-10-6-8-12-24(3)4/h23-24H,5-22H2,1-4H3,(H,29,32)(H,34,35)(H,36,37). The van der Waals surface area contributed by atoms with Crippen LogP contribution < -0.4 is 5.32 Å². The smallest absolute Gasteiger partial charge is 0.305 e. The van der Waals surface area contributed by atoms with Gasteiger partial charge in [-0.05, 0) is 24.7 Å². The highest BCUT2D eigenvalue weighted by molar-refractivity contribution is 5.77. The van der Waals surface area contributed by atoms with E-state index in [-0.39, 0.29) is 31.2 Å². The predicted octanol–water partition coefficient (Wildman–Crippen LogP) is 4.40. The zero-order valence-electron chi connectivity index (χ0n) is 23.8. The summed E-state index contributed by atoms with van der Waals surface area (Å²) >= 11 is 0. The minimum Gasteiger partial charge on any atom is -0.481 e. The molecule has 0 aliphatic heterocycles. The molecule has 9 nitrogen and oxygen atoms in total. The van der Waals surface area contributed by atoms with Crippen LogP contribution in [0.1, 0.15) is 105 Å². The third kappa shape index (κ3) is 22.7. The molecular weight excluding hydrogens is 474 g/mol. The lowest BCUT2D eigenvalue weighted by Gasteiger charge is -2.27. The Morgan fingerprint density at radius 2 is 1.16 bits per heavy atom. The Kier molecular flexibility index (Phi) is 20.6. The first-order chi connectivity index (χ1) is 17.5. The molecule has 2 amide bonds. The van der Waals surface area contributed by atoms with Crippen molar-refractivity contribution in [3.63, 3.8) is 0 Å². The predicted molar refractivity (Wildman–Crippen MR) is 146 cm³/mol. The van der Waals surface area contributed by atoms with Gasteiger partial charge >= 0.3 is 11.9 Å². The van der Waals surface area contributed by atoms with Crippen LogP contribution in [0.15, 0.2) is 0 Å². The van der Waals surface area contributed by atoms with E-state index in [0.29, 0.717) is 57.4 Å². The van der Waals surface area contributed by atoms with Gasteiger partial charge in [-0.15, -0.1) is 0 Å². The van der Waals surface area contributed by atoms with Crippen molar-refractivity contribution in [2.24, 2.45) is 11.8 Å². The van der Waals surface area contributed by atoms with Crippen LogP contribution in [0.4, 0.5) is 0 Å². The van der Waals surface area contributed by atoms with Crippen molar-refractivity contribution in [3.05, 3.63) is 0 Å². The van der Waals surface area contributed by atoms with E-state index in [9.17, 15) is 19.2 Å². The second kappa shape index (κ2) is 21.9. The minimum atomic E-state index is -0.954. The average Bonchev–Trinajstić information content (AvgIpc) is 2.80. The van der Waals surface area contributed by atoms with E-state index in [1.807, 2.05) is 4.90 Å². The van der Waals surface area contributed by atoms with Gasteiger partial charge in [0.15, 0.2) is 0 Å². The molecule has 216 valence electrons. The zero-order chi connectivity index (χ0) is 28.1. The number of carboxylic acid groups (broad SMARTS) is 2. The maximum absolute atomic E-state index is 12.8. The second-order valence-corrected chi connectivity index (χ2v) is 10.8. The summed E-state index contributed by atoms with van der Waals surface area (Å²) in [4.78, 5) is 50.6. The number of nitrogens with zero attached hydrogens (tertiary/aromatic N) is 2. The van der Waals surface area contributed by atoms with Crippen LogP contribution in [0.2, 0.25) is 0 Å². The molecule has 0 heterocycles. The molecule has 0 saturated heterocycles. The fraction of sp³-hybridized carbons (Fsp3) is 0.857. The van der Waals surface area contributed by atoms with Crippen molar-refractivity contribution >= 4 is 23.8 Å². The van der Waals surface area contributed by atoms with E-state index >= 15 is 0 Å². The number of hydrogen-bond acceptors (Lipinski definition) is 5. The van der Waals surface area contributed by atoms with Gasteiger partial charge in [-0.2, -0.15) is 0 Å². The quantitative estimate of drug-likeness (QED) is 0.159. The van der Waals surface area contributed by atoms with Gasteiger partial charge in [-0.1, -0.05) is 66.2 Å². The van der Waals surface area contributed by atoms with Crippen molar-refractivity contribution in [2.45, 2.75) is 105 Å². The Labute approximate surface area is 224 Å². The maximum Gasteiger partial charge on any atom is 0.305 e. The molecule has 0 rings (SSSR count). The fourth-order valence-corrected chi connectivity index (χ4v) is 4.06. The molecule has 0 radical (unpaired) electrons. The van der Waals surface area contributed by atoms with E-state index in [1.165, 1.54) is 6.42 Å². The number of rotatable bonds is 24. The first-order valence-electron chi connectivity index (χ1n) is 14.2. The van der Waals surface area contributed by atoms with Crippen LogP contribution in [-0.2, 0) is 19.2 Å². The topological polar surface area (TPSA) is 127 Å². The molecule has 0 fully saturated rings. The van der Waals surface area contributed by atoms with Crippen molar-refractivity contribution in [1.82, 2.24) is 15.1 Å². The molecule has 9 heteroatoms. The Hall–Kier alpha value is -2.16. The molecule has 0 aromatic heterocycles. The van der Waals surface area contributed by atoms with Gasteiger partial charge in [0.05, 0.1) is 12.8 Å². The van der Waals surface area contributed by atoms with Crippen LogP contribution in [-0.4, -0.2) is 83.0 Å². The summed E-state index contributed by atoms with van der Waals surface area (Å²) in [6.45, 7) is 10.8. The summed E-state index contributed by atoms with van der Waals surface area (Å²) in [5.74, 6) is -0.608. The van der Waals surface area contributed by atoms with Gasteiger partial charge in [0.25, 0.3) is 0 Å². The number of amides is 2. The molecular formula is C28H53N3O6. The molecule has 0 atom stereocenters. The van der Waals surface area contributed by atoms with Crippen LogP contribution in [0.3, 0.4) is 0 Å². The SMILES string of the molecule is CC(C)CCCCCC(=O)NCCN(CCC(=O)O)CCN(CCC(=O)O)C(=O)CCCCCC(C)C. The van der Waals surface area contributed by atoms with Crippen molar-refractivity contribution < 1.29 is 29.4 Å². The number of hydrogen-bond donors (Lipinski definition) is 3. The highest BCUT2D eigenvalue weighted by atomic mass is 16.4. The molecule has 0 unspecified atom stereocenters. The lowest BCUT2D eigenvalue weighted by atomic mass is 10.0.